The highest BCUT2D eigenvalue weighted by Crippen LogP contribution is 2.14. The second kappa shape index (κ2) is 39.7. The van der Waals surface area contributed by atoms with Crippen LogP contribution in [0.3, 0.4) is 0 Å². The minimum absolute atomic E-state index is 1.24. The van der Waals surface area contributed by atoms with Crippen molar-refractivity contribution in [2.45, 2.75) is 232 Å². The zero-order valence-corrected chi connectivity index (χ0v) is 29.1. The second-order valence-corrected chi connectivity index (χ2v) is 13.4. The summed E-state index contributed by atoms with van der Waals surface area (Å²) < 4.78 is 0. The van der Waals surface area contributed by atoms with Crippen molar-refractivity contribution in [2.24, 2.45) is 0 Å². The van der Waals surface area contributed by atoms with E-state index in [9.17, 15) is 0 Å². The van der Waals surface area contributed by atoms with Crippen LogP contribution in [0, 0.1) is 0 Å². The van der Waals surface area contributed by atoms with Crippen LogP contribution in [0.2, 0.25) is 0 Å². The molecule has 0 bridgehead atoms. The molecule has 0 saturated heterocycles. The molecule has 0 radical (unpaired) electrons. The van der Waals surface area contributed by atoms with Gasteiger partial charge in [0.1, 0.15) is 0 Å². The molecule has 0 saturated carbocycles. The van der Waals surface area contributed by atoms with Crippen LogP contribution in [0.15, 0.2) is 12.2 Å². The summed E-state index contributed by atoms with van der Waals surface area (Å²) in [7, 11) is 0. The van der Waals surface area contributed by atoms with Gasteiger partial charge in [0, 0.05) is 0 Å². The second-order valence-electron chi connectivity index (χ2n) is 13.4. The average molecular weight is 576 g/mol. The van der Waals surface area contributed by atoms with Gasteiger partial charge in [-0.25, -0.2) is 0 Å². The minimum atomic E-state index is 1.24. The Bertz CT molecular complexity index is 456. The summed E-state index contributed by atoms with van der Waals surface area (Å²) in [6.07, 6.45) is 53.7. The quantitative estimate of drug-likeness (QED) is 0.0573. The number of rotatable bonds is 37. The third-order valence-electron chi connectivity index (χ3n) is 9.07. The zero-order chi connectivity index (χ0) is 29.6. The number of hydrogen-bond donors (Lipinski definition) is 1. The monoisotopic (exact) mass is 576 g/mol. The standard InChI is InChI=1S/C40H81N/c1-3-5-7-9-11-13-15-17-19-21-22-23-24-26-28-30-32-34-36-38-40-41-39-37-35-33-31-29-27-25-20-18-16-14-12-10-8-6-4-2/h17,19,41H,3-16,18,20-40H2,1-2H3/b19-17-. The number of hydrogen-bond acceptors (Lipinski definition) is 1. The van der Waals surface area contributed by atoms with Crippen molar-refractivity contribution in [2.75, 3.05) is 13.1 Å². The Balaban J connectivity index is 3.05. The Hall–Kier alpha value is -0.300. The van der Waals surface area contributed by atoms with Crippen LogP contribution in [0.1, 0.15) is 232 Å². The van der Waals surface area contributed by atoms with E-state index in [0.717, 1.165) is 0 Å². The van der Waals surface area contributed by atoms with Crippen LogP contribution in [-0.4, -0.2) is 13.1 Å². The molecule has 0 unspecified atom stereocenters. The van der Waals surface area contributed by atoms with E-state index in [0.29, 0.717) is 0 Å². The Morgan fingerprint density at radius 3 is 0.756 bits per heavy atom. The lowest BCUT2D eigenvalue weighted by Gasteiger charge is -2.06. The van der Waals surface area contributed by atoms with Gasteiger partial charge in [-0.2, -0.15) is 0 Å². The fourth-order valence-corrected chi connectivity index (χ4v) is 6.13. The van der Waals surface area contributed by atoms with Gasteiger partial charge in [0.15, 0.2) is 0 Å². The molecule has 0 aromatic heterocycles. The van der Waals surface area contributed by atoms with Crippen molar-refractivity contribution in [3.05, 3.63) is 12.2 Å². The molecule has 0 amide bonds. The van der Waals surface area contributed by atoms with Crippen LogP contribution in [-0.2, 0) is 0 Å². The molecule has 1 N–H and O–H groups in total. The van der Waals surface area contributed by atoms with E-state index in [2.05, 4.69) is 31.3 Å². The van der Waals surface area contributed by atoms with E-state index < -0.39 is 0 Å². The Morgan fingerprint density at radius 2 is 0.488 bits per heavy atom. The van der Waals surface area contributed by atoms with E-state index in [-0.39, 0.29) is 0 Å². The fraction of sp³-hybridized carbons (Fsp3) is 0.950. The molecule has 0 aromatic rings. The first-order valence-electron chi connectivity index (χ1n) is 19.8. The van der Waals surface area contributed by atoms with Crippen molar-refractivity contribution >= 4 is 0 Å². The van der Waals surface area contributed by atoms with Crippen molar-refractivity contribution in [1.29, 1.82) is 0 Å². The average Bonchev–Trinajstić information content (AvgIpc) is 2.98. The lowest BCUT2D eigenvalue weighted by atomic mass is 10.0. The third kappa shape index (κ3) is 39.7. The molecule has 0 aliphatic heterocycles. The maximum atomic E-state index is 3.69. The summed E-state index contributed by atoms with van der Waals surface area (Å²) in [6, 6.07) is 0. The van der Waals surface area contributed by atoms with E-state index >= 15 is 0 Å². The topological polar surface area (TPSA) is 12.0 Å². The molecule has 0 rings (SSSR count). The highest BCUT2D eigenvalue weighted by atomic mass is 14.8. The molecular weight excluding hydrogens is 494 g/mol. The highest BCUT2D eigenvalue weighted by Gasteiger charge is 1.96. The van der Waals surface area contributed by atoms with Gasteiger partial charge in [-0.15, -0.1) is 0 Å². The van der Waals surface area contributed by atoms with E-state index in [1.54, 1.807) is 0 Å². The van der Waals surface area contributed by atoms with Crippen molar-refractivity contribution < 1.29 is 0 Å². The van der Waals surface area contributed by atoms with Crippen molar-refractivity contribution in [1.82, 2.24) is 5.32 Å². The molecule has 0 fully saturated rings. The van der Waals surface area contributed by atoms with Gasteiger partial charge in [0.25, 0.3) is 0 Å². The molecule has 1 nitrogen and oxygen atoms in total. The van der Waals surface area contributed by atoms with Crippen molar-refractivity contribution in [3.63, 3.8) is 0 Å². The first-order valence-corrected chi connectivity index (χ1v) is 19.8. The Morgan fingerprint density at radius 1 is 0.268 bits per heavy atom. The van der Waals surface area contributed by atoms with Gasteiger partial charge in [-0.05, 0) is 51.6 Å². The van der Waals surface area contributed by atoms with Crippen LogP contribution in [0.25, 0.3) is 0 Å². The van der Waals surface area contributed by atoms with Crippen LogP contribution in [0.4, 0.5) is 0 Å². The number of unbranched alkanes of at least 4 members (excludes halogenated alkanes) is 31. The predicted molar refractivity (Wildman–Crippen MR) is 190 cm³/mol. The van der Waals surface area contributed by atoms with E-state index in [4.69, 9.17) is 0 Å². The fourth-order valence-electron chi connectivity index (χ4n) is 6.13. The molecule has 1 heteroatoms. The minimum Gasteiger partial charge on any atom is -0.317 e. The van der Waals surface area contributed by atoms with Gasteiger partial charge in [-0.3, -0.25) is 0 Å². The summed E-state index contributed by atoms with van der Waals surface area (Å²) in [6.45, 7) is 7.09. The highest BCUT2D eigenvalue weighted by molar-refractivity contribution is 4.81. The summed E-state index contributed by atoms with van der Waals surface area (Å²) >= 11 is 0. The lowest BCUT2D eigenvalue weighted by molar-refractivity contribution is 0.518. The van der Waals surface area contributed by atoms with Crippen LogP contribution >= 0.6 is 0 Å². The molecule has 0 heterocycles. The molecule has 0 aromatic carbocycles. The van der Waals surface area contributed by atoms with E-state index in [1.807, 2.05) is 0 Å². The predicted octanol–water partition coefficient (Wildman–Crippen LogP) is 14.4. The van der Waals surface area contributed by atoms with E-state index in [1.165, 1.54) is 231 Å². The van der Waals surface area contributed by atoms with Gasteiger partial charge in [0.05, 0.1) is 0 Å². The van der Waals surface area contributed by atoms with Crippen LogP contribution in [0.5, 0.6) is 0 Å². The number of nitrogens with one attached hydrogen (secondary N) is 1. The molecule has 0 aliphatic rings. The smallest absolute Gasteiger partial charge is 0.00489 e. The number of allylic oxidation sites excluding steroid dienone is 2. The SMILES string of the molecule is CCCCCCCC/C=C\CCCCCCCCCCCCNCCCCCCCCCCCCCCCCCC. The molecular formula is C40H81N. The Labute approximate surface area is 262 Å². The first-order chi connectivity index (χ1) is 20.4. The first kappa shape index (κ1) is 40.7. The third-order valence-corrected chi connectivity index (χ3v) is 9.07. The largest absolute Gasteiger partial charge is 0.317 e. The summed E-state index contributed by atoms with van der Waals surface area (Å²) in [4.78, 5) is 0. The van der Waals surface area contributed by atoms with Crippen LogP contribution < -0.4 is 5.32 Å². The van der Waals surface area contributed by atoms with Gasteiger partial charge < -0.3 is 5.32 Å². The molecule has 0 spiro atoms. The summed E-state index contributed by atoms with van der Waals surface area (Å²) in [5.74, 6) is 0. The maximum Gasteiger partial charge on any atom is -0.00489 e. The normalized spacial score (nSPS) is 11.8. The molecule has 246 valence electrons. The molecule has 41 heavy (non-hydrogen) atoms. The lowest BCUT2D eigenvalue weighted by Crippen LogP contribution is -2.16. The maximum absolute atomic E-state index is 3.69. The summed E-state index contributed by atoms with van der Waals surface area (Å²) in [5, 5.41) is 3.69. The Kier molecular flexibility index (Phi) is 39.4. The molecule has 0 atom stereocenters. The van der Waals surface area contributed by atoms with Gasteiger partial charge >= 0.3 is 0 Å². The van der Waals surface area contributed by atoms with Gasteiger partial charge in [-0.1, -0.05) is 206 Å². The zero-order valence-electron chi connectivity index (χ0n) is 29.1. The molecule has 0 aliphatic carbocycles. The van der Waals surface area contributed by atoms with Crippen molar-refractivity contribution in [3.8, 4) is 0 Å². The van der Waals surface area contributed by atoms with Gasteiger partial charge in [0.2, 0.25) is 0 Å². The summed E-state index contributed by atoms with van der Waals surface area (Å²) in [5.41, 5.74) is 0.